The van der Waals surface area contributed by atoms with Crippen molar-refractivity contribution in [1.82, 2.24) is 0 Å². The van der Waals surface area contributed by atoms with Crippen molar-refractivity contribution in [3.63, 3.8) is 0 Å². The van der Waals surface area contributed by atoms with Crippen LogP contribution in [0.4, 0.5) is 5.69 Å². The highest BCUT2D eigenvalue weighted by molar-refractivity contribution is 5.81. The number of rotatable bonds is 5. The number of hydrogen-bond acceptors (Lipinski definition) is 4. The summed E-state index contributed by atoms with van der Waals surface area (Å²) in [6.45, 7) is 0.746. The Morgan fingerprint density at radius 1 is 1.39 bits per heavy atom. The number of ether oxygens (including phenoxy) is 1. The van der Waals surface area contributed by atoms with Crippen LogP contribution in [0.25, 0.3) is 0 Å². The van der Waals surface area contributed by atoms with E-state index in [0.717, 1.165) is 25.0 Å². The third-order valence-electron chi connectivity index (χ3n) is 3.03. The fourth-order valence-electron chi connectivity index (χ4n) is 2.09. The van der Waals surface area contributed by atoms with Gasteiger partial charge in [0.25, 0.3) is 5.69 Å². The van der Waals surface area contributed by atoms with Crippen LogP contribution < -0.4 is 0 Å². The van der Waals surface area contributed by atoms with Crippen LogP contribution in [0.5, 0.6) is 0 Å². The molecule has 0 aromatic heterocycles. The molecule has 0 N–H and O–H groups in total. The third-order valence-corrected chi connectivity index (χ3v) is 3.03. The molecule has 1 aromatic carbocycles. The second kappa shape index (κ2) is 5.73. The molecule has 1 heterocycles. The highest BCUT2D eigenvalue weighted by Crippen LogP contribution is 2.17. The minimum absolute atomic E-state index is 0.0466. The van der Waals surface area contributed by atoms with Crippen LogP contribution in [0.2, 0.25) is 0 Å². The smallest absolute Gasteiger partial charge is 0.269 e. The highest BCUT2D eigenvalue weighted by Gasteiger charge is 2.19. The molecular weight excluding hydrogens is 234 g/mol. The van der Waals surface area contributed by atoms with E-state index in [1.807, 2.05) is 0 Å². The molecule has 18 heavy (non-hydrogen) atoms. The summed E-state index contributed by atoms with van der Waals surface area (Å²) in [5.41, 5.74) is 0.855. The number of nitro benzene ring substituents is 1. The van der Waals surface area contributed by atoms with E-state index in [2.05, 4.69) is 0 Å². The summed E-state index contributed by atoms with van der Waals surface area (Å²) in [6, 6.07) is 6.11. The molecule has 1 aliphatic heterocycles. The number of hydrogen-bond donors (Lipinski definition) is 0. The van der Waals surface area contributed by atoms with Gasteiger partial charge in [0.2, 0.25) is 0 Å². The van der Waals surface area contributed by atoms with E-state index < -0.39 is 4.92 Å². The standard InChI is InChI=1S/C13H15NO4/c15-12(9-13-2-1-7-18-13)8-10-3-5-11(6-4-10)14(16)17/h3-6,13H,1-2,7-9H2. The van der Waals surface area contributed by atoms with Crippen molar-refractivity contribution in [2.45, 2.75) is 31.8 Å². The average molecular weight is 249 g/mol. The third kappa shape index (κ3) is 3.37. The minimum atomic E-state index is -0.446. The molecule has 1 atom stereocenters. The van der Waals surface area contributed by atoms with Crippen molar-refractivity contribution in [2.24, 2.45) is 0 Å². The second-order valence-corrected chi connectivity index (χ2v) is 4.48. The van der Waals surface area contributed by atoms with Crippen molar-refractivity contribution in [2.75, 3.05) is 6.61 Å². The molecule has 1 aliphatic rings. The molecule has 0 saturated carbocycles. The molecule has 5 nitrogen and oxygen atoms in total. The Labute approximate surface area is 105 Å². The lowest BCUT2D eigenvalue weighted by Crippen LogP contribution is -2.14. The number of Topliss-reactive ketones (excluding diaryl/α,β-unsaturated/α-hetero) is 1. The van der Waals surface area contributed by atoms with E-state index in [1.165, 1.54) is 12.1 Å². The SMILES string of the molecule is O=C(Cc1ccc([N+](=O)[O-])cc1)CC1CCCO1. The van der Waals surface area contributed by atoms with Crippen molar-refractivity contribution in [3.05, 3.63) is 39.9 Å². The van der Waals surface area contributed by atoms with Gasteiger partial charge in [-0.3, -0.25) is 14.9 Å². The fraction of sp³-hybridized carbons (Fsp3) is 0.462. The number of nitrogens with zero attached hydrogens (tertiary/aromatic N) is 1. The second-order valence-electron chi connectivity index (χ2n) is 4.48. The van der Waals surface area contributed by atoms with Gasteiger partial charge in [-0.1, -0.05) is 12.1 Å². The molecule has 0 amide bonds. The molecule has 0 bridgehead atoms. The number of carbonyl (C=O) groups excluding carboxylic acids is 1. The molecule has 0 radical (unpaired) electrons. The maximum absolute atomic E-state index is 11.8. The zero-order valence-electron chi connectivity index (χ0n) is 10.0. The molecule has 5 heteroatoms. The van der Waals surface area contributed by atoms with Crippen LogP contribution >= 0.6 is 0 Å². The van der Waals surface area contributed by atoms with E-state index in [0.29, 0.717) is 12.8 Å². The number of benzene rings is 1. The largest absolute Gasteiger partial charge is 0.378 e. The van der Waals surface area contributed by atoms with E-state index in [1.54, 1.807) is 12.1 Å². The molecule has 1 aromatic rings. The van der Waals surface area contributed by atoms with Crippen LogP contribution in [0.3, 0.4) is 0 Å². The first-order valence-electron chi connectivity index (χ1n) is 6.02. The lowest BCUT2D eigenvalue weighted by Gasteiger charge is -2.07. The maximum Gasteiger partial charge on any atom is 0.269 e. The molecule has 1 saturated heterocycles. The molecular formula is C13H15NO4. The minimum Gasteiger partial charge on any atom is -0.378 e. The molecule has 96 valence electrons. The molecule has 1 fully saturated rings. The van der Waals surface area contributed by atoms with Gasteiger partial charge in [0.1, 0.15) is 5.78 Å². The lowest BCUT2D eigenvalue weighted by atomic mass is 10.0. The summed E-state index contributed by atoms with van der Waals surface area (Å²) >= 11 is 0. The molecule has 2 rings (SSSR count). The Morgan fingerprint density at radius 3 is 2.67 bits per heavy atom. The average Bonchev–Trinajstić information content (AvgIpc) is 2.82. The summed E-state index contributed by atoms with van der Waals surface area (Å²) in [7, 11) is 0. The van der Waals surface area contributed by atoms with Gasteiger partial charge < -0.3 is 4.74 Å². The quantitative estimate of drug-likeness (QED) is 0.593. The normalized spacial score (nSPS) is 18.8. The van der Waals surface area contributed by atoms with Gasteiger partial charge in [0.15, 0.2) is 0 Å². The Kier molecular flexibility index (Phi) is 4.04. The zero-order valence-corrected chi connectivity index (χ0v) is 10.0. The van der Waals surface area contributed by atoms with Gasteiger partial charge in [-0.15, -0.1) is 0 Å². The number of carbonyl (C=O) groups is 1. The zero-order chi connectivity index (χ0) is 13.0. The van der Waals surface area contributed by atoms with E-state index in [-0.39, 0.29) is 17.6 Å². The number of nitro groups is 1. The lowest BCUT2D eigenvalue weighted by molar-refractivity contribution is -0.384. The van der Waals surface area contributed by atoms with E-state index >= 15 is 0 Å². The maximum atomic E-state index is 11.8. The predicted molar refractivity (Wildman–Crippen MR) is 65.4 cm³/mol. The van der Waals surface area contributed by atoms with Crippen LogP contribution in [0, 0.1) is 10.1 Å². The Balaban J connectivity index is 1.88. The molecule has 0 spiro atoms. The van der Waals surface area contributed by atoms with Gasteiger partial charge >= 0.3 is 0 Å². The Hall–Kier alpha value is -1.75. The summed E-state index contributed by atoms with van der Waals surface area (Å²) < 4.78 is 5.40. The van der Waals surface area contributed by atoms with Crippen LogP contribution in [0.15, 0.2) is 24.3 Å². The first-order chi connectivity index (χ1) is 8.65. The van der Waals surface area contributed by atoms with Gasteiger partial charge in [0, 0.05) is 31.6 Å². The van der Waals surface area contributed by atoms with Crippen molar-refractivity contribution in [1.29, 1.82) is 0 Å². The van der Waals surface area contributed by atoms with Crippen molar-refractivity contribution >= 4 is 11.5 Å². The van der Waals surface area contributed by atoms with Crippen molar-refractivity contribution < 1.29 is 14.5 Å². The predicted octanol–water partition coefficient (Wildman–Crippen LogP) is 2.28. The first-order valence-corrected chi connectivity index (χ1v) is 6.02. The van der Waals surface area contributed by atoms with Gasteiger partial charge in [0.05, 0.1) is 11.0 Å². The summed E-state index contributed by atoms with van der Waals surface area (Å²) in [4.78, 5) is 21.8. The first kappa shape index (κ1) is 12.7. The fourth-order valence-corrected chi connectivity index (χ4v) is 2.09. The van der Waals surface area contributed by atoms with Crippen LogP contribution in [0.1, 0.15) is 24.8 Å². The van der Waals surface area contributed by atoms with Gasteiger partial charge in [-0.25, -0.2) is 0 Å². The van der Waals surface area contributed by atoms with E-state index in [9.17, 15) is 14.9 Å². The molecule has 0 aliphatic carbocycles. The summed E-state index contributed by atoms with van der Waals surface area (Å²) in [5, 5.41) is 10.5. The summed E-state index contributed by atoms with van der Waals surface area (Å²) in [6.07, 6.45) is 2.80. The number of ketones is 1. The Bertz CT molecular complexity index is 435. The van der Waals surface area contributed by atoms with Gasteiger partial charge in [-0.2, -0.15) is 0 Å². The Morgan fingerprint density at radius 2 is 2.11 bits per heavy atom. The monoisotopic (exact) mass is 249 g/mol. The van der Waals surface area contributed by atoms with Crippen molar-refractivity contribution in [3.8, 4) is 0 Å². The van der Waals surface area contributed by atoms with Gasteiger partial charge in [-0.05, 0) is 18.4 Å². The topological polar surface area (TPSA) is 69.4 Å². The molecule has 1 unspecified atom stereocenters. The number of non-ortho nitro benzene ring substituents is 1. The van der Waals surface area contributed by atoms with Crippen LogP contribution in [-0.4, -0.2) is 23.4 Å². The highest BCUT2D eigenvalue weighted by atomic mass is 16.6. The summed E-state index contributed by atoms with van der Waals surface area (Å²) in [5.74, 6) is 0.121. The van der Waals surface area contributed by atoms with E-state index in [4.69, 9.17) is 4.74 Å². The van der Waals surface area contributed by atoms with Crippen LogP contribution in [-0.2, 0) is 16.0 Å².